The van der Waals surface area contributed by atoms with Crippen molar-refractivity contribution in [3.8, 4) is 0 Å². The van der Waals surface area contributed by atoms with Crippen LogP contribution in [0.2, 0.25) is 0 Å². The summed E-state index contributed by atoms with van der Waals surface area (Å²) in [5, 5.41) is 3.39. The zero-order valence-electron chi connectivity index (χ0n) is 11.6. The Morgan fingerprint density at radius 2 is 1.63 bits per heavy atom. The molecule has 0 spiro atoms. The fourth-order valence-electron chi connectivity index (χ4n) is 1.86. The van der Waals surface area contributed by atoms with Crippen molar-refractivity contribution in [2.45, 2.75) is 0 Å². The Hall–Kier alpha value is -2.22. The van der Waals surface area contributed by atoms with Gasteiger partial charge in [0.2, 0.25) is 0 Å². The maximum atomic E-state index is 4.12. The van der Waals surface area contributed by atoms with Crippen LogP contribution in [0.15, 0.2) is 61.2 Å². The number of benzene rings is 2. The molecule has 2 nitrogen and oxygen atoms in total. The van der Waals surface area contributed by atoms with Gasteiger partial charge in [-0.05, 0) is 35.4 Å². The molecule has 0 aliphatic carbocycles. The number of nitrogens with one attached hydrogen (secondary N) is 1. The van der Waals surface area contributed by atoms with Gasteiger partial charge >= 0.3 is 0 Å². The minimum absolute atomic E-state index is 0.755. The van der Waals surface area contributed by atoms with Crippen molar-refractivity contribution in [3.05, 3.63) is 66.7 Å². The van der Waals surface area contributed by atoms with Crippen LogP contribution in [-0.4, -0.2) is 20.6 Å². The first-order valence-electron chi connectivity index (χ1n) is 6.41. The van der Waals surface area contributed by atoms with Gasteiger partial charge in [0, 0.05) is 32.0 Å². The highest BCUT2D eigenvalue weighted by Crippen LogP contribution is 2.17. The van der Waals surface area contributed by atoms with E-state index in [4.69, 9.17) is 0 Å². The number of rotatable bonds is 5. The van der Waals surface area contributed by atoms with E-state index in [0.717, 1.165) is 17.8 Å². The van der Waals surface area contributed by atoms with Gasteiger partial charge in [-0.2, -0.15) is 0 Å². The SMILES string of the molecule is C=C(CNc1ccc(N(C)C)cc1)c1ccccc1. The van der Waals surface area contributed by atoms with Gasteiger partial charge in [0.1, 0.15) is 0 Å². The van der Waals surface area contributed by atoms with E-state index in [9.17, 15) is 0 Å². The highest BCUT2D eigenvalue weighted by molar-refractivity contribution is 5.67. The molecule has 0 unspecified atom stereocenters. The van der Waals surface area contributed by atoms with Crippen molar-refractivity contribution < 1.29 is 0 Å². The third kappa shape index (κ3) is 3.62. The molecule has 0 saturated heterocycles. The van der Waals surface area contributed by atoms with Crippen molar-refractivity contribution in [1.29, 1.82) is 0 Å². The van der Waals surface area contributed by atoms with Crippen LogP contribution in [0.3, 0.4) is 0 Å². The lowest BCUT2D eigenvalue weighted by atomic mass is 10.1. The van der Waals surface area contributed by atoms with E-state index < -0.39 is 0 Å². The lowest BCUT2D eigenvalue weighted by Gasteiger charge is -2.14. The molecule has 0 fully saturated rings. The second-order valence-corrected chi connectivity index (χ2v) is 4.76. The Labute approximate surface area is 115 Å². The molecule has 19 heavy (non-hydrogen) atoms. The van der Waals surface area contributed by atoms with Crippen LogP contribution in [-0.2, 0) is 0 Å². The standard InChI is InChI=1S/C17H20N2/c1-14(15-7-5-4-6-8-15)13-18-16-9-11-17(12-10-16)19(2)3/h4-12,18H,1,13H2,2-3H3. The summed E-state index contributed by atoms with van der Waals surface area (Å²) in [6.45, 7) is 4.87. The van der Waals surface area contributed by atoms with Gasteiger partial charge in [-0.15, -0.1) is 0 Å². The first kappa shape index (κ1) is 13.2. The lowest BCUT2D eigenvalue weighted by molar-refractivity contribution is 1.13. The molecule has 0 amide bonds. The lowest BCUT2D eigenvalue weighted by Crippen LogP contribution is -2.08. The topological polar surface area (TPSA) is 15.3 Å². The molecule has 0 atom stereocenters. The molecule has 1 N–H and O–H groups in total. The Bertz CT molecular complexity index is 527. The fourth-order valence-corrected chi connectivity index (χ4v) is 1.86. The molecule has 0 radical (unpaired) electrons. The van der Waals surface area contributed by atoms with Crippen LogP contribution >= 0.6 is 0 Å². The van der Waals surface area contributed by atoms with Gasteiger partial charge in [-0.1, -0.05) is 36.9 Å². The second-order valence-electron chi connectivity index (χ2n) is 4.76. The van der Waals surface area contributed by atoms with Crippen LogP contribution in [0.25, 0.3) is 5.57 Å². The normalized spacial score (nSPS) is 10.0. The smallest absolute Gasteiger partial charge is 0.0400 e. The highest BCUT2D eigenvalue weighted by atomic mass is 15.1. The molecule has 0 saturated carbocycles. The fraction of sp³-hybridized carbons (Fsp3) is 0.176. The molecule has 0 bridgehead atoms. The van der Waals surface area contributed by atoms with Crippen molar-refractivity contribution in [1.82, 2.24) is 0 Å². The minimum Gasteiger partial charge on any atom is -0.381 e. The van der Waals surface area contributed by atoms with Crippen LogP contribution < -0.4 is 10.2 Å². The Morgan fingerprint density at radius 1 is 1.00 bits per heavy atom. The third-order valence-electron chi connectivity index (χ3n) is 3.07. The Balaban J connectivity index is 1.94. The van der Waals surface area contributed by atoms with E-state index in [1.54, 1.807) is 0 Å². The Kier molecular flexibility index (Phi) is 4.24. The van der Waals surface area contributed by atoms with E-state index in [0.29, 0.717) is 0 Å². The summed E-state index contributed by atoms with van der Waals surface area (Å²) < 4.78 is 0. The first-order chi connectivity index (χ1) is 9.16. The molecule has 0 heterocycles. The average Bonchev–Trinajstić information content (AvgIpc) is 2.46. The number of hydrogen-bond donors (Lipinski definition) is 1. The van der Waals surface area contributed by atoms with Crippen LogP contribution in [0.5, 0.6) is 0 Å². The molecular weight excluding hydrogens is 232 g/mol. The van der Waals surface area contributed by atoms with Gasteiger partial charge in [0.25, 0.3) is 0 Å². The summed E-state index contributed by atoms with van der Waals surface area (Å²) in [7, 11) is 4.08. The quantitative estimate of drug-likeness (QED) is 0.868. The molecule has 98 valence electrons. The molecule has 0 aliphatic heterocycles. The van der Waals surface area contributed by atoms with Crippen LogP contribution in [0.4, 0.5) is 11.4 Å². The summed E-state index contributed by atoms with van der Waals surface area (Å²) in [4.78, 5) is 2.09. The van der Waals surface area contributed by atoms with Crippen molar-refractivity contribution in [2.75, 3.05) is 30.9 Å². The molecule has 2 heteroatoms. The summed E-state index contributed by atoms with van der Waals surface area (Å²) >= 11 is 0. The van der Waals surface area contributed by atoms with Crippen LogP contribution in [0, 0.1) is 0 Å². The molecule has 2 rings (SSSR count). The molecule has 2 aromatic rings. The Morgan fingerprint density at radius 3 is 2.21 bits per heavy atom. The van der Waals surface area contributed by atoms with E-state index in [-0.39, 0.29) is 0 Å². The number of anilines is 2. The van der Waals surface area contributed by atoms with Gasteiger partial charge in [0.05, 0.1) is 0 Å². The molecule has 2 aromatic carbocycles. The van der Waals surface area contributed by atoms with Crippen molar-refractivity contribution >= 4 is 16.9 Å². The second kappa shape index (κ2) is 6.10. The highest BCUT2D eigenvalue weighted by Gasteiger charge is 1.99. The van der Waals surface area contributed by atoms with Crippen LogP contribution in [0.1, 0.15) is 5.56 Å². The van der Waals surface area contributed by atoms with Gasteiger partial charge in [-0.3, -0.25) is 0 Å². The number of nitrogens with zero attached hydrogens (tertiary/aromatic N) is 1. The van der Waals surface area contributed by atoms with Gasteiger partial charge in [0.15, 0.2) is 0 Å². The van der Waals surface area contributed by atoms with E-state index in [1.807, 2.05) is 32.3 Å². The summed E-state index contributed by atoms with van der Waals surface area (Å²) in [6, 6.07) is 18.6. The summed E-state index contributed by atoms with van der Waals surface area (Å²) in [5.74, 6) is 0. The summed E-state index contributed by atoms with van der Waals surface area (Å²) in [5.41, 5.74) is 4.59. The van der Waals surface area contributed by atoms with E-state index >= 15 is 0 Å². The molecule has 0 aliphatic rings. The largest absolute Gasteiger partial charge is 0.381 e. The monoisotopic (exact) mass is 252 g/mol. The van der Waals surface area contributed by atoms with Gasteiger partial charge < -0.3 is 10.2 Å². The van der Waals surface area contributed by atoms with E-state index in [2.05, 4.69) is 53.2 Å². The predicted molar refractivity (Wildman–Crippen MR) is 84.7 cm³/mol. The third-order valence-corrected chi connectivity index (χ3v) is 3.07. The average molecular weight is 252 g/mol. The zero-order valence-corrected chi connectivity index (χ0v) is 11.6. The molecule has 0 aromatic heterocycles. The van der Waals surface area contributed by atoms with Crippen molar-refractivity contribution in [3.63, 3.8) is 0 Å². The minimum atomic E-state index is 0.755. The maximum Gasteiger partial charge on any atom is 0.0400 e. The predicted octanol–water partition coefficient (Wildman–Crippen LogP) is 3.88. The number of hydrogen-bond acceptors (Lipinski definition) is 2. The van der Waals surface area contributed by atoms with Gasteiger partial charge in [-0.25, -0.2) is 0 Å². The summed E-state index contributed by atoms with van der Waals surface area (Å²) in [6.07, 6.45) is 0. The van der Waals surface area contributed by atoms with E-state index in [1.165, 1.54) is 11.3 Å². The molecular formula is C17H20N2. The zero-order chi connectivity index (χ0) is 13.7. The van der Waals surface area contributed by atoms with Crippen molar-refractivity contribution in [2.24, 2.45) is 0 Å². The first-order valence-corrected chi connectivity index (χ1v) is 6.41. The maximum absolute atomic E-state index is 4.12.